The first-order valence-corrected chi connectivity index (χ1v) is 8.85. The van der Waals surface area contributed by atoms with E-state index in [1.807, 2.05) is 6.07 Å². The maximum absolute atomic E-state index is 12.7. The Hall–Kier alpha value is -1.44. The number of β-amino-alcohol motifs (C(OH)–C–C–N with tert-alkyl or cyclic N) is 1. The summed E-state index contributed by atoms with van der Waals surface area (Å²) >= 11 is 0. The van der Waals surface area contributed by atoms with Crippen molar-refractivity contribution in [3.8, 4) is 0 Å². The Labute approximate surface area is 129 Å². The number of piperidine rings is 1. The van der Waals surface area contributed by atoms with Crippen LogP contribution in [0.25, 0.3) is 0 Å². The van der Waals surface area contributed by atoms with Crippen molar-refractivity contribution < 1.29 is 23.4 Å². The Bertz CT molecular complexity index is 715. The fourth-order valence-corrected chi connectivity index (χ4v) is 4.82. The number of carboxylic acid groups (broad SMARTS) is 1. The monoisotopic (exact) mass is 325 g/mol. The summed E-state index contributed by atoms with van der Waals surface area (Å²) in [5, 5.41) is 19.2. The zero-order chi connectivity index (χ0) is 16.0. The molecule has 3 rings (SSSR count). The highest BCUT2D eigenvalue weighted by atomic mass is 32.2. The predicted molar refractivity (Wildman–Crippen MR) is 79.0 cm³/mol. The summed E-state index contributed by atoms with van der Waals surface area (Å²) in [7, 11) is -3.78. The Kier molecular flexibility index (Phi) is 3.74. The van der Waals surface area contributed by atoms with Crippen molar-refractivity contribution in [1.29, 1.82) is 0 Å². The van der Waals surface area contributed by atoms with Crippen molar-refractivity contribution in [2.45, 2.75) is 42.6 Å². The average Bonchev–Trinajstić information content (AvgIpc) is 2.94. The van der Waals surface area contributed by atoms with Crippen LogP contribution in [0.2, 0.25) is 0 Å². The van der Waals surface area contributed by atoms with Crippen molar-refractivity contribution in [1.82, 2.24) is 4.31 Å². The third-order valence-corrected chi connectivity index (χ3v) is 6.38. The fourth-order valence-electron chi connectivity index (χ4n) is 3.24. The lowest BCUT2D eigenvalue weighted by Crippen LogP contribution is -2.54. The minimum atomic E-state index is -3.78. The average molecular weight is 325 g/mol. The minimum absolute atomic E-state index is 0.0680. The normalized spacial score (nSPS) is 25.9. The van der Waals surface area contributed by atoms with E-state index in [9.17, 15) is 18.3 Å². The van der Waals surface area contributed by atoms with Crippen LogP contribution in [-0.2, 0) is 27.7 Å². The highest BCUT2D eigenvalue weighted by Crippen LogP contribution is 2.29. The number of nitrogens with zero attached hydrogens (tertiary/aromatic N) is 1. The lowest BCUT2D eigenvalue weighted by Gasteiger charge is -2.35. The largest absolute Gasteiger partial charge is 0.479 e. The van der Waals surface area contributed by atoms with Gasteiger partial charge in [0, 0.05) is 6.54 Å². The van der Waals surface area contributed by atoms with Gasteiger partial charge in [0.05, 0.1) is 11.4 Å². The van der Waals surface area contributed by atoms with E-state index in [1.165, 1.54) is 5.56 Å². The lowest BCUT2D eigenvalue weighted by atomic mass is 9.95. The molecule has 1 fully saturated rings. The second-order valence-electron chi connectivity index (χ2n) is 6.06. The first kappa shape index (κ1) is 15.5. The molecule has 0 radical (unpaired) electrons. The number of benzene rings is 1. The molecule has 1 atom stereocenters. The van der Waals surface area contributed by atoms with Crippen molar-refractivity contribution in [3.05, 3.63) is 29.3 Å². The van der Waals surface area contributed by atoms with Crippen LogP contribution in [-0.4, -0.2) is 47.6 Å². The highest BCUT2D eigenvalue weighted by molar-refractivity contribution is 7.89. The number of hydrogen-bond donors (Lipinski definition) is 2. The maximum atomic E-state index is 12.7. The van der Waals surface area contributed by atoms with Crippen LogP contribution >= 0.6 is 0 Å². The van der Waals surface area contributed by atoms with Gasteiger partial charge in [-0.1, -0.05) is 6.07 Å². The van der Waals surface area contributed by atoms with Crippen LogP contribution in [0.3, 0.4) is 0 Å². The van der Waals surface area contributed by atoms with Gasteiger partial charge in [-0.15, -0.1) is 0 Å². The molecule has 0 amide bonds. The molecular weight excluding hydrogens is 306 g/mol. The molecule has 22 heavy (non-hydrogen) atoms. The molecule has 0 aromatic heterocycles. The van der Waals surface area contributed by atoms with E-state index in [-0.39, 0.29) is 17.9 Å². The first-order chi connectivity index (χ1) is 10.3. The van der Waals surface area contributed by atoms with Gasteiger partial charge >= 0.3 is 5.97 Å². The van der Waals surface area contributed by atoms with Gasteiger partial charge in [0.2, 0.25) is 10.0 Å². The molecule has 1 aromatic rings. The van der Waals surface area contributed by atoms with Gasteiger partial charge in [0.15, 0.2) is 5.60 Å². The first-order valence-electron chi connectivity index (χ1n) is 7.41. The molecule has 2 aliphatic rings. The standard InChI is InChI=1S/C15H19NO5S/c17-14(18)15(19)7-2-8-16(10-15)22(20,21)13-6-5-11-3-1-4-12(11)9-13/h5-6,9,19H,1-4,7-8,10H2,(H,17,18). The van der Waals surface area contributed by atoms with Gasteiger partial charge in [-0.3, -0.25) is 0 Å². The smallest absolute Gasteiger partial charge is 0.337 e. The molecule has 0 saturated carbocycles. The summed E-state index contributed by atoms with van der Waals surface area (Å²) in [5.74, 6) is -1.37. The van der Waals surface area contributed by atoms with Crippen molar-refractivity contribution in [3.63, 3.8) is 0 Å². The van der Waals surface area contributed by atoms with Gasteiger partial charge in [0.1, 0.15) is 0 Å². The fraction of sp³-hybridized carbons (Fsp3) is 0.533. The zero-order valence-corrected chi connectivity index (χ0v) is 13.0. The van der Waals surface area contributed by atoms with Gasteiger partial charge in [-0.2, -0.15) is 4.31 Å². The molecule has 120 valence electrons. The third-order valence-electron chi connectivity index (χ3n) is 4.54. The number of carbonyl (C=O) groups is 1. The van der Waals surface area contributed by atoms with Crippen LogP contribution in [0, 0.1) is 0 Å². The number of aliphatic carboxylic acids is 1. The maximum Gasteiger partial charge on any atom is 0.337 e. The van der Waals surface area contributed by atoms with E-state index >= 15 is 0 Å². The van der Waals surface area contributed by atoms with Crippen LogP contribution < -0.4 is 0 Å². The van der Waals surface area contributed by atoms with Crippen molar-refractivity contribution >= 4 is 16.0 Å². The minimum Gasteiger partial charge on any atom is -0.479 e. The molecule has 1 aliphatic heterocycles. The Morgan fingerprint density at radius 3 is 2.64 bits per heavy atom. The Morgan fingerprint density at radius 2 is 1.91 bits per heavy atom. The van der Waals surface area contributed by atoms with E-state index in [1.54, 1.807) is 12.1 Å². The summed E-state index contributed by atoms with van der Waals surface area (Å²) in [6, 6.07) is 5.10. The van der Waals surface area contributed by atoms with Crippen molar-refractivity contribution in [2.24, 2.45) is 0 Å². The molecule has 1 unspecified atom stereocenters. The molecule has 1 aromatic carbocycles. The number of fused-ring (bicyclic) bond motifs is 1. The van der Waals surface area contributed by atoms with E-state index in [4.69, 9.17) is 5.11 Å². The predicted octanol–water partition coefficient (Wildman–Crippen LogP) is 0.775. The summed E-state index contributed by atoms with van der Waals surface area (Å²) < 4.78 is 26.5. The summed E-state index contributed by atoms with van der Waals surface area (Å²) in [5.41, 5.74) is 0.230. The van der Waals surface area contributed by atoms with Crippen molar-refractivity contribution in [2.75, 3.05) is 13.1 Å². The van der Waals surface area contributed by atoms with E-state index in [0.717, 1.165) is 29.1 Å². The van der Waals surface area contributed by atoms with E-state index in [2.05, 4.69) is 0 Å². The SMILES string of the molecule is O=C(O)C1(O)CCCN(S(=O)(=O)c2ccc3c(c2)CCC3)C1. The Morgan fingerprint density at radius 1 is 1.18 bits per heavy atom. The van der Waals surface area contributed by atoms with Gasteiger partial charge in [0.25, 0.3) is 0 Å². The van der Waals surface area contributed by atoms with Crippen LogP contribution in [0.15, 0.2) is 23.1 Å². The number of hydrogen-bond acceptors (Lipinski definition) is 4. The molecule has 7 heteroatoms. The Balaban J connectivity index is 1.91. The second kappa shape index (κ2) is 5.33. The van der Waals surface area contributed by atoms with Crippen LogP contribution in [0.5, 0.6) is 0 Å². The molecule has 0 spiro atoms. The number of aryl methyl sites for hydroxylation is 2. The van der Waals surface area contributed by atoms with Crippen LogP contribution in [0.1, 0.15) is 30.4 Å². The molecular formula is C15H19NO5S. The van der Waals surface area contributed by atoms with E-state index < -0.39 is 28.1 Å². The van der Waals surface area contributed by atoms with Gasteiger partial charge in [-0.05, 0) is 55.4 Å². The summed E-state index contributed by atoms with van der Waals surface area (Å²) in [6.07, 6.45) is 3.27. The topological polar surface area (TPSA) is 94.9 Å². The quantitative estimate of drug-likeness (QED) is 0.856. The zero-order valence-electron chi connectivity index (χ0n) is 12.2. The number of aliphatic hydroxyl groups is 1. The molecule has 1 heterocycles. The van der Waals surface area contributed by atoms with Gasteiger partial charge in [-0.25, -0.2) is 13.2 Å². The molecule has 1 aliphatic carbocycles. The lowest BCUT2D eigenvalue weighted by molar-refractivity contribution is -0.162. The molecule has 1 saturated heterocycles. The number of rotatable bonds is 3. The highest BCUT2D eigenvalue weighted by Gasteiger charge is 2.44. The summed E-state index contributed by atoms with van der Waals surface area (Å²) in [4.78, 5) is 11.4. The van der Waals surface area contributed by atoms with E-state index in [0.29, 0.717) is 6.42 Å². The number of sulfonamides is 1. The second-order valence-corrected chi connectivity index (χ2v) is 8.00. The molecule has 0 bridgehead atoms. The van der Waals surface area contributed by atoms with Gasteiger partial charge < -0.3 is 10.2 Å². The molecule has 6 nitrogen and oxygen atoms in total. The molecule has 2 N–H and O–H groups in total. The summed E-state index contributed by atoms with van der Waals surface area (Å²) in [6.45, 7) is -0.170. The third kappa shape index (κ3) is 2.53. The number of carboxylic acids is 1. The van der Waals surface area contributed by atoms with Crippen LogP contribution in [0.4, 0.5) is 0 Å².